The van der Waals surface area contributed by atoms with Gasteiger partial charge in [0.2, 0.25) is 0 Å². The highest BCUT2D eigenvalue weighted by molar-refractivity contribution is 7.47. The molecular weight excluding hydrogens is 713 g/mol. The van der Waals surface area contributed by atoms with Gasteiger partial charge in [-0.15, -0.1) is 0 Å². The number of allylic oxidation sites excluding steroid dienone is 12. The van der Waals surface area contributed by atoms with Crippen LogP contribution in [-0.4, -0.2) is 49.3 Å². The Balaban J connectivity index is 4.31. The molecule has 55 heavy (non-hydrogen) atoms. The number of ether oxygens (including phenoxy) is 2. The summed E-state index contributed by atoms with van der Waals surface area (Å²) in [4.78, 5) is 34.8. The number of phosphoric ester groups is 1. The van der Waals surface area contributed by atoms with Gasteiger partial charge in [0, 0.05) is 19.4 Å². The van der Waals surface area contributed by atoms with Gasteiger partial charge in [-0.2, -0.15) is 0 Å². The number of hydrogen-bond donors (Lipinski definition) is 2. The van der Waals surface area contributed by atoms with Crippen LogP contribution < -0.4 is 5.73 Å². The zero-order valence-corrected chi connectivity index (χ0v) is 35.5. The summed E-state index contributed by atoms with van der Waals surface area (Å²) in [5.41, 5.74) is 5.34. The predicted octanol–water partition coefficient (Wildman–Crippen LogP) is 12.3. The first-order valence-corrected chi connectivity index (χ1v) is 22.9. The van der Waals surface area contributed by atoms with E-state index in [1.165, 1.54) is 70.6 Å². The Morgan fingerprint density at radius 1 is 0.545 bits per heavy atom. The molecule has 0 fully saturated rings. The molecule has 0 aliphatic heterocycles. The monoisotopic (exact) mass is 792 g/mol. The number of unbranched alkanes of at least 4 members (excludes halogenated alkanes) is 14. The molecule has 3 N–H and O–H groups in total. The lowest BCUT2D eigenvalue weighted by molar-refractivity contribution is -0.161. The number of carbonyl (C=O) groups excluding carboxylic acids is 2. The molecule has 0 bridgehead atoms. The van der Waals surface area contributed by atoms with Crippen LogP contribution in [0.3, 0.4) is 0 Å². The highest BCUT2D eigenvalue weighted by atomic mass is 31.2. The van der Waals surface area contributed by atoms with Crippen LogP contribution in [0.2, 0.25) is 0 Å². The standard InChI is InChI=1S/C45H78NO8P/c1-3-5-7-9-11-13-15-17-19-20-21-22-24-25-27-29-31-33-35-37-44(47)51-41-43(42-53-55(49,50)52-40-39-46)54-45(48)38-36-34-32-30-28-26-23-18-16-14-12-10-8-6-4-2/h11,13,17-19,21-23,25,27,31,33,43H,3-10,12,14-16,20,24,26,28-30,32,34-42,46H2,1-2H3,(H,49,50). The largest absolute Gasteiger partial charge is 0.472 e. The number of esters is 2. The van der Waals surface area contributed by atoms with E-state index in [9.17, 15) is 19.0 Å². The lowest BCUT2D eigenvalue weighted by Gasteiger charge is -2.19. The van der Waals surface area contributed by atoms with Crippen molar-refractivity contribution in [1.29, 1.82) is 0 Å². The fourth-order valence-corrected chi connectivity index (χ4v) is 6.14. The second kappa shape index (κ2) is 41.1. The van der Waals surface area contributed by atoms with Crippen LogP contribution in [0, 0.1) is 0 Å². The molecule has 0 radical (unpaired) electrons. The van der Waals surface area contributed by atoms with Gasteiger partial charge in [0.05, 0.1) is 13.2 Å². The lowest BCUT2D eigenvalue weighted by atomic mass is 10.1. The molecular formula is C45H78NO8P. The average molecular weight is 792 g/mol. The average Bonchev–Trinajstić information content (AvgIpc) is 3.17. The van der Waals surface area contributed by atoms with Gasteiger partial charge in [0.25, 0.3) is 0 Å². The topological polar surface area (TPSA) is 134 Å². The maximum atomic E-state index is 12.6. The maximum absolute atomic E-state index is 12.6. The van der Waals surface area contributed by atoms with Crippen molar-refractivity contribution in [1.82, 2.24) is 0 Å². The van der Waals surface area contributed by atoms with Crippen LogP contribution in [0.4, 0.5) is 0 Å². The minimum atomic E-state index is -4.40. The zero-order chi connectivity index (χ0) is 40.3. The number of nitrogens with two attached hydrogens (primary N) is 1. The van der Waals surface area contributed by atoms with E-state index in [-0.39, 0.29) is 32.6 Å². The first kappa shape index (κ1) is 52.5. The summed E-state index contributed by atoms with van der Waals surface area (Å²) in [6.45, 7) is 3.59. The molecule has 0 saturated carbocycles. The Kier molecular flexibility index (Phi) is 39.2. The molecule has 0 heterocycles. The second-order valence-corrected chi connectivity index (χ2v) is 15.3. The summed E-state index contributed by atoms with van der Waals surface area (Å²) in [6.07, 6.45) is 49.4. The van der Waals surface area contributed by atoms with Gasteiger partial charge in [0.1, 0.15) is 6.61 Å². The first-order valence-electron chi connectivity index (χ1n) is 21.4. The minimum absolute atomic E-state index is 0.0396. The van der Waals surface area contributed by atoms with Crippen LogP contribution in [0.15, 0.2) is 72.9 Å². The van der Waals surface area contributed by atoms with E-state index in [1.807, 2.05) is 12.2 Å². The van der Waals surface area contributed by atoms with Crippen LogP contribution in [0.5, 0.6) is 0 Å². The summed E-state index contributed by atoms with van der Waals surface area (Å²) in [5.74, 6) is -0.940. The quantitative estimate of drug-likeness (QED) is 0.0270. The van der Waals surface area contributed by atoms with Crippen molar-refractivity contribution in [3.63, 3.8) is 0 Å². The number of hydrogen-bond acceptors (Lipinski definition) is 8. The maximum Gasteiger partial charge on any atom is 0.472 e. The van der Waals surface area contributed by atoms with Crippen molar-refractivity contribution < 1.29 is 37.6 Å². The van der Waals surface area contributed by atoms with Crippen LogP contribution in [-0.2, 0) is 32.7 Å². The van der Waals surface area contributed by atoms with E-state index >= 15 is 0 Å². The Bertz CT molecular complexity index is 1130. The molecule has 316 valence electrons. The molecule has 0 aromatic carbocycles. The van der Waals surface area contributed by atoms with E-state index in [4.69, 9.17) is 24.3 Å². The third-order valence-electron chi connectivity index (χ3n) is 8.58. The molecule has 2 unspecified atom stereocenters. The Morgan fingerprint density at radius 2 is 0.982 bits per heavy atom. The SMILES string of the molecule is CCCCCC=CCC=CCC=CCC=CCC=CCCC(=O)OCC(COP(=O)(O)OCCN)OC(=O)CCCCCCCC=CCCCCCCCC. The van der Waals surface area contributed by atoms with Gasteiger partial charge in [-0.25, -0.2) is 4.57 Å². The summed E-state index contributed by atoms with van der Waals surface area (Å²) in [5, 5.41) is 0. The summed E-state index contributed by atoms with van der Waals surface area (Å²) in [7, 11) is -4.40. The summed E-state index contributed by atoms with van der Waals surface area (Å²) >= 11 is 0. The molecule has 0 aromatic heterocycles. The van der Waals surface area contributed by atoms with E-state index in [1.54, 1.807) is 0 Å². The van der Waals surface area contributed by atoms with E-state index in [0.29, 0.717) is 12.8 Å². The Morgan fingerprint density at radius 3 is 1.53 bits per heavy atom. The van der Waals surface area contributed by atoms with Gasteiger partial charge in [-0.1, -0.05) is 151 Å². The van der Waals surface area contributed by atoms with Crippen molar-refractivity contribution in [2.75, 3.05) is 26.4 Å². The molecule has 10 heteroatoms. The third-order valence-corrected chi connectivity index (χ3v) is 9.56. The Hall–Kier alpha value is -2.55. The van der Waals surface area contributed by atoms with Crippen molar-refractivity contribution in [2.24, 2.45) is 5.73 Å². The van der Waals surface area contributed by atoms with Gasteiger partial charge in [0.15, 0.2) is 6.10 Å². The van der Waals surface area contributed by atoms with E-state index in [0.717, 1.165) is 57.8 Å². The van der Waals surface area contributed by atoms with E-state index < -0.39 is 32.5 Å². The summed E-state index contributed by atoms with van der Waals surface area (Å²) < 4.78 is 32.7. The summed E-state index contributed by atoms with van der Waals surface area (Å²) in [6, 6.07) is 0. The van der Waals surface area contributed by atoms with Crippen LogP contribution in [0.1, 0.15) is 168 Å². The van der Waals surface area contributed by atoms with Crippen molar-refractivity contribution in [3.05, 3.63) is 72.9 Å². The number of rotatable bonds is 39. The third kappa shape index (κ3) is 40.9. The van der Waals surface area contributed by atoms with Crippen molar-refractivity contribution in [3.8, 4) is 0 Å². The predicted molar refractivity (Wildman–Crippen MR) is 229 cm³/mol. The van der Waals surface area contributed by atoms with E-state index in [2.05, 4.69) is 74.6 Å². The van der Waals surface area contributed by atoms with Crippen LogP contribution >= 0.6 is 7.82 Å². The highest BCUT2D eigenvalue weighted by Crippen LogP contribution is 2.43. The molecule has 9 nitrogen and oxygen atoms in total. The van der Waals surface area contributed by atoms with Gasteiger partial charge in [-0.05, 0) is 77.0 Å². The number of carbonyl (C=O) groups is 2. The zero-order valence-electron chi connectivity index (χ0n) is 34.6. The van der Waals surface area contributed by atoms with Crippen molar-refractivity contribution >= 4 is 19.8 Å². The van der Waals surface area contributed by atoms with Gasteiger partial charge in [-0.3, -0.25) is 18.6 Å². The second-order valence-electron chi connectivity index (χ2n) is 13.8. The van der Waals surface area contributed by atoms with Gasteiger partial charge < -0.3 is 20.1 Å². The van der Waals surface area contributed by atoms with Crippen molar-refractivity contribution in [2.45, 2.75) is 174 Å². The fourth-order valence-electron chi connectivity index (χ4n) is 5.37. The lowest BCUT2D eigenvalue weighted by Crippen LogP contribution is -2.29. The van der Waals surface area contributed by atoms with Crippen LogP contribution in [0.25, 0.3) is 0 Å². The molecule has 0 aliphatic carbocycles. The highest BCUT2D eigenvalue weighted by Gasteiger charge is 2.25. The number of phosphoric acid groups is 1. The molecule has 0 aromatic rings. The fraction of sp³-hybridized carbons (Fsp3) is 0.689. The molecule has 0 spiro atoms. The minimum Gasteiger partial charge on any atom is -0.462 e. The molecule has 0 rings (SSSR count). The van der Waals surface area contributed by atoms with Gasteiger partial charge >= 0.3 is 19.8 Å². The molecule has 0 aliphatic rings. The normalized spacial score (nSPS) is 14.0. The molecule has 0 amide bonds. The molecule has 2 atom stereocenters. The molecule has 0 saturated heterocycles. The first-order chi connectivity index (χ1) is 26.8. The smallest absolute Gasteiger partial charge is 0.462 e. The Labute approximate surface area is 335 Å².